The van der Waals surface area contributed by atoms with Crippen molar-refractivity contribution in [2.24, 2.45) is 0 Å². The highest BCUT2D eigenvalue weighted by Crippen LogP contribution is 2.26. The number of halogens is 1. The molecule has 96 valence electrons. The van der Waals surface area contributed by atoms with Gasteiger partial charge in [0.1, 0.15) is 17.6 Å². The number of benzene rings is 1. The summed E-state index contributed by atoms with van der Waals surface area (Å²) in [4.78, 5) is 4.01. The molecule has 5 heteroatoms. The van der Waals surface area contributed by atoms with E-state index in [2.05, 4.69) is 10.1 Å². The highest BCUT2D eigenvalue weighted by molar-refractivity contribution is 5.67. The molecule has 0 saturated carbocycles. The van der Waals surface area contributed by atoms with Crippen LogP contribution in [-0.4, -0.2) is 10.1 Å². The van der Waals surface area contributed by atoms with Gasteiger partial charge in [-0.3, -0.25) is 4.98 Å². The molecule has 0 spiro atoms. The van der Waals surface area contributed by atoms with E-state index >= 15 is 0 Å². The van der Waals surface area contributed by atoms with Gasteiger partial charge >= 0.3 is 0 Å². The average molecular weight is 265 g/mol. The normalized spacial score (nSPS) is 10.2. The Morgan fingerprint density at radius 1 is 1.15 bits per heavy atom. The molecular formula is C15H8FN3O. The second-order valence-electron chi connectivity index (χ2n) is 4.12. The second kappa shape index (κ2) is 4.94. The predicted molar refractivity (Wildman–Crippen MR) is 69.8 cm³/mol. The lowest BCUT2D eigenvalue weighted by Crippen LogP contribution is -1.84. The minimum Gasteiger partial charge on any atom is -0.356 e. The number of pyridine rings is 1. The molecule has 0 fully saturated rings. The van der Waals surface area contributed by atoms with Crippen molar-refractivity contribution in [2.45, 2.75) is 0 Å². The zero-order valence-corrected chi connectivity index (χ0v) is 10.2. The topological polar surface area (TPSA) is 62.7 Å². The molecule has 0 aliphatic heterocycles. The van der Waals surface area contributed by atoms with Crippen molar-refractivity contribution in [3.63, 3.8) is 0 Å². The molecule has 3 rings (SSSR count). The van der Waals surface area contributed by atoms with E-state index in [0.717, 1.165) is 5.56 Å². The van der Waals surface area contributed by atoms with Gasteiger partial charge in [-0.05, 0) is 30.3 Å². The second-order valence-corrected chi connectivity index (χ2v) is 4.12. The van der Waals surface area contributed by atoms with E-state index in [9.17, 15) is 4.39 Å². The molecular weight excluding hydrogens is 257 g/mol. The maximum Gasteiger partial charge on any atom is 0.167 e. The smallest absolute Gasteiger partial charge is 0.167 e. The third-order valence-corrected chi connectivity index (χ3v) is 2.84. The van der Waals surface area contributed by atoms with E-state index in [0.29, 0.717) is 17.0 Å². The first-order valence-corrected chi connectivity index (χ1v) is 5.85. The van der Waals surface area contributed by atoms with Crippen LogP contribution in [0.4, 0.5) is 4.39 Å². The summed E-state index contributed by atoms with van der Waals surface area (Å²) in [5, 5.41) is 12.8. The van der Waals surface area contributed by atoms with Crippen molar-refractivity contribution >= 4 is 0 Å². The van der Waals surface area contributed by atoms with E-state index < -0.39 is 5.82 Å². The SMILES string of the molecule is N#Cc1cc(-c2cc(-c3cccnc3)no2)ccc1F. The quantitative estimate of drug-likeness (QED) is 0.712. The largest absolute Gasteiger partial charge is 0.356 e. The molecule has 0 atom stereocenters. The van der Waals surface area contributed by atoms with Crippen LogP contribution in [0.3, 0.4) is 0 Å². The van der Waals surface area contributed by atoms with Crippen LogP contribution in [0.15, 0.2) is 53.3 Å². The highest BCUT2D eigenvalue weighted by atomic mass is 19.1. The Kier molecular flexibility index (Phi) is 2.98. The molecule has 0 bridgehead atoms. The lowest BCUT2D eigenvalue weighted by molar-refractivity contribution is 0.435. The Balaban J connectivity index is 2.01. The highest BCUT2D eigenvalue weighted by Gasteiger charge is 2.11. The van der Waals surface area contributed by atoms with Gasteiger partial charge in [-0.1, -0.05) is 5.16 Å². The van der Waals surface area contributed by atoms with Gasteiger partial charge in [-0.2, -0.15) is 5.26 Å². The van der Waals surface area contributed by atoms with Gasteiger partial charge in [-0.15, -0.1) is 0 Å². The molecule has 0 aliphatic carbocycles. The molecule has 0 amide bonds. The Hall–Kier alpha value is -3.00. The zero-order chi connectivity index (χ0) is 13.9. The summed E-state index contributed by atoms with van der Waals surface area (Å²) in [7, 11) is 0. The third kappa shape index (κ3) is 2.15. The average Bonchev–Trinajstić information content (AvgIpc) is 2.98. The van der Waals surface area contributed by atoms with Crippen LogP contribution in [0.2, 0.25) is 0 Å². The molecule has 3 aromatic rings. The molecule has 0 radical (unpaired) electrons. The van der Waals surface area contributed by atoms with Crippen LogP contribution in [0.1, 0.15) is 5.56 Å². The lowest BCUT2D eigenvalue weighted by atomic mass is 10.1. The maximum atomic E-state index is 13.3. The van der Waals surface area contributed by atoms with Crippen LogP contribution in [0.5, 0.6) is 0 Å². The van der Waals surface area contributed by atoms with E-state index in [1.807, 2.05) is 6.07 Å². The minimum absolute atomic E-state index is 0.0261. The number of nitrogens with zero attached hydrogens (tertiary/aromatic N) is 3. The van der Waals surface area contributed by atoms with E-state index in [-0.39, 0.29) is 5.56 Å². The number of hydrogen-bond acceptors (Lipinski definition) is 4. The molecule has 1 aromatic carbocycles. The molecule has 0 aliphatic rings. The Morgan fingerprint density at radius 2 is 2.05 bits per heavy atom. The fourth-order valence-corrected chi connectivity index (χ4v) is 1.83. The summed E-state index contributed by atoms with van der Waals surface area (Å²) in [6.45, 7) is 0. The van der Waals surface area contributed by atoms with Gasteiger partial charge in [0.25, 0.3) is 0 Å². The van der Waals surface area contributed by atoms with Gasteiger partial charge < -0.3 is 4.52 Å². The Morgan fingerprint density at radius 3 is 2.80 bits per heavy atom. The molecule has 0 N–H and O–H groups in total. The molecule has 20 heavy (non-hydrogen) atoms. The van der Waals surface area contributed by atoms with Gasteiger partial charge in [0, 0.05) is 29.6 Å². The number of aromatic nitrogens is 2. The maximum absolute atomic E-state index is 13.3. The monoisotopic (exact) mass is 265 g/mol. The van der Waals surface area contributed by atoms with E-state index in [1.54, 1.807) is 36.7 Å². The standard InChI is InChI=1S/C15H8FN3O/c16-13-4-3-10(6-12(13)8-17)15-7-14(19-20-15)11-2-1-5-18-9-11/h1-7,9H. The fourth-order valence-electron chi connectivity index (χ4n) is 1.83. The van der Waals surface area contributed by atoms with Crippen LogP contribution in [0, 0.1) is 17.1 Å². The molecule has 0 unspecified atom stereocenters. The third-order valence-electron chi connectivity index (χ3n) is 2.84. The zero-order valence-electron chi connectivity index (χ0n) is 10.2. The Bertz CT molecular complexity index is 790. The molecule has 2 heterocycles. The van der Waals surface area contributed by atoms with Gasteiger partial charge in [0.15, 0.2) is 5.76 Å². The van der Waals surface area contributed by atoms with Gasteiger partial charge in [0.05, 0.1) is 5.56 Å². The lowest BCUT2D eigenvalue weighted by Gasteiger charge is -1.97. The Labute approximate surface area is 114 Å². The van der Waals surface area contributed by atoms with Crippen molar-refractivity contribution in [2.75, 3.05) is 0 Å². The fraction of sp³-hybridized carbons (Fsp3) is 0. The van der Waals surface area contributed by atoms with Gasteiger partial charge in [-0.25, -0.2) is 4.39 Å². The van der Waals surface area contributed by atoms with Crippen LogP contribution in [0.25, 0.3) is 22.6 Å². The van der Waals surface area contributed by atoms with Crippen LogP contribution >= 0.6 is 0 Å². The summed E-state index contributed by atoms with van der Waals surface area (Å²) in [5.41, 5.74) is 2.04. The van der Waals surface area contributed by atoms with Crippen LogP contribution in [-0.2, 0) is 0 Å². The minimum atomic E-state index is -0.553. The van der Waals surface area contributed by atoms with E-state index in [1.165, 1.54) is 12.1 Å². The van der Waals surface area contributed by atoms with Crippen molar-refractivity contribution in [1.82, 2.24) is 10.1 Å². The molecule has 0 saturated heterocycles. The summed E-state index contributed by atoms with van der Waals surface area (Å²) in [6, 6.07) is 11.4. The van der Waals surface area contributed by atoms with Crippen molar-refractivity contribution in [1.29, 1.82) is 5.26 Å². The summed E-state index contributed by atoms with van der Waals surface area (Å²) < 4.78 is 18.5. The molecule has 2 aromatic heterocycles. The molecule has 4 nitrogen and oxygen atoms in total. The number of nitriles is 1. The van der Waals surface area contributed by atoms with Crippen molar-refractivity contribution < 1.29 is 8.91 Å². The summed E-state index contributed by atoms with van der Waals surface area (Å²) >= 11 is 0. The van der Waals surface area contributed by atoms with Crippen LogP contribution < -0.4 is 0 Å². The van der Waals surface area contributed by atoms with Crippen molar-refractivity contribution in [3.8, 4) is 28.7 Å². The van der Waals surface area contributed by atoms with Crippen molar-refractivity contribution in [3.05, 3.63) is 60.2 Å². The number of rotatable bonds is 2. The summed E-state index contributed by atoms with van der Waals surface area (Å²) in [5.74, 6) is -0.0800. The predicted octanol–water partition coefficient (Wildman–Crippen LogP) is 3.41. The van der Waals surface area contributed by atoms with Gasteiger partial charge in [0.2, 0.25) is 0 Å². The summed E-state index contributed by atoms with van der Waals surface area (Å²) in [6.07, 6.45) is 3.34. The first-order valence-electron chi connectivity index (χ1n) is 5.85. The first kappa shape index (κ1) is 12.1. The first-order chi connectivity index (χ1) is 9.78. The van der Waals surface area contributed by atoms with E-state index in [4.69, 9.17) is 9.78 Å². The number of hydrogen-bond donors (Lipinski definition) is 0.